The first-order chi connectivity index (χ1) is 11.3. The number of hydrogen-bond donors (Lipinski definition) is 0. The third-order valence-corrected chi connectivity index (χ3v) is 6.88. The smallest absolute Gasteiger partial charge is 0.176 e. The fraction of sp³-hybridized carbons (Fsp3) is 0.905. The van der Waals surface area contributed by atoms with Crippen LogP contribution >= 0.6 is 0 Å². The molecule has 0 radical (unpaired) electrons. The SMILES string of the molecule is C=CC1OCC(C2CCC(C3CCC(CCC)CC3)CC2)CO1. The molecule has 0 bridgehead atoms. The number of hydrogen-bond acceptors (Lipinski definition) is 2. The van der Waals surface area contributed by atoms with Gasteiger partial charge in [0.05, 0.1) is 13.2 Å². The lowest BCUT2D eigenvalue weighted by atomic mass is 9.67. The predicted octanol–water partition coefficient (Wildman–Crippen LogP) is 5.57. The highest BCUT2D eigenvalue weighted by Gasteiger charge is 2.34. The molecule has 1 heterocycles. The van der Waals surface area contributed by atoms with Crippen LogP contribution in [0.2, 0.25) is 0 Å². The average Bonchev–Trinajstić information content (AvgIpc) is 2.63. The van der Waals surface area contributed by atoms with Crippen LogP contribution in [0.1, 0.15) is 71.1 Å². The standard InChI is InChI=1S/C21H36O2/c1-3-5-16-6-8-17(9-7-16)18-10-12-19(13-11-18)20-14-22-21(4-2)23-15-20/h4,16-21H,2-3,5-15H2,1H3. The second-order valence-corrected chi connectivity index (χ2v) is 8.28. The summed E-state index contributed by atoms with van der Waals surface area (Å²) in [6.07, 6.45) is 16.2. The molecular formula is C21H36O2. The van der Waals surface area contributed by atoms with Crippen molar-refractivity contribution in [3.63, 3.8) is 0 Å². The van der Waals surface area contributed by atoms with Crippen LogP contribution in [-0.2, 0) is 9.47 Å². The van der Waals surface area contributed by atoms with Gasteiger partial charge in [-0.15, -0.1) is 0 Å². The van der Waals surface area contributed by atoms with Crippen LogP contribution in [0.25, 0.3) is 0 Å². The Morgan fingerprint density at radius 1 is 0.783 bits per heavy atom. The molecule has 1 saturated heterocycles. The molecule has 0 atom stereocenters. The van der Waals surface area contributed by atoms with Gasteiger partial charge < -0.3 is 9.47 Å². The van der Waals surface area contributed by atoms with Crippen LogP contribution in [0.5, 0.6) is 0 Å². The van der Waals surface area contributed by atoms with Crippen molar-refractivity contribution in [3.8, 4) is 0 Å². The lowest BCUT2D eigenvalue weighted by Crippen LogP contribution is -2.37. The van der Waals surface area contributed by atoms with Crippen molar-refractivity contribution in [3.05, 3.63) is 12.7 Å². The Balaban J connectivity index is 1.38. The summed E-state index contributed by atoms with van der Waals surface area (Å²) in [7, 11) is 0. The van der Waals surface area contributed by atoms with Crippen LogP contribution < -0.4 is 0 Å². The van der Waals surface area contributed by atoms with E-state index in [-0.39, 0.29) is 6.29 Å². The van der Waals surface area contributed by atoms with Gasteiger partial charge in [0.1, 0.15) is 0 Å². The minimum Gasteiger partial charge on any atom is -0.349 e. The highest BCUT2D eigenvalue weighted by molar-refractivity contribution is 4.85. The second-order valence-electron chi connectivity index (χ2n) is 8.28. The zero-order valence-electron chi connectivity index (χ0n) is 15.1. The van der Waals surface area contributed by atoms with Gasteiger partial charge in [-0.3, -0.25) is 0 Å². The highest BCUT2D eigenvalue weighted by atomic mass is 16.7. The van der Waals surface area contributed by atoms with Crippen molar-refractivity contribution >= 4 is 0 Å². The highest BCUT2D eigenvalue weighted by Crippen LogP contribution is 2.44. The van der Waals surface area contributed by atoms with E-state index in [1.807, 2.05) is 0 Å². The second kappa shape index (κ2) is 8.67. The van der Waals surface area contributed by atoms with Gasteiger partial charge >= 0.3 is 0 Å². The Hall–Kier alpha value is -0.340. The molecule has 0 spiro atoms. The van der Waals surface area contributed by atoms with E-state index in [4.69, 9.17) is 9.47 Å². The maximum atomic E-state index is 5.73. The fourth-order valence-corrected chi connectivity index (χ4v) is 5.39. The largest absolute Gasteiger partial charge is 0.349 e. The molecule has 0 aromatic rings. The summed E-state index contributed by atoms with van der Waals surface area (Å²) in [5.74, 6) is 4.54. The van der Waals surface area contributed by atoms with E-state index >= 15 is 0 Å². The van der Waals surface area contributed by atoms with Crippen molar-refractivity contribution in [2.24, 2.45) is 29.6 Å². The fourth-order valence-electron chi connectivity index (χ4n) is 5.39. The summed E-state index contributed by atoms with van der Waals surface area (Å²) in [4.78, 5) is 0. The molecule has 2 aliphatic carbocycles. The quantitative estimate of drug-likeness (QED) is 0.616. The van der Waals surface area contributed by atoms with Crippen LogP contribution in [-0.4, -0.2) is 19.5 Å². The maximum Gasteiger partial charge on any atom is 0.176 e. The molecule has 2 nitrogen and oxygen atoms in total. The van der Waals surface area contributed by atoms with Gasteiger partial charge in [-0.05, 0) is 68.3 Å². The van der Waals surface area contributed by atoms with Gasteiger partial charge in [0, 0.05) is 5.92 Å². The Labute approximate surface area is 143 Å². The molecule has 0 unspecified atom stereocenters. The number of rotatable bonds is 5. The molecule has 0 N–H and O–H groups in total. The van der Waals surface area contributed by atoms with E-state index in [0.29, 0.717) is 5.92 Å². The molecule has 0 aromatic heterocycles. The molecule has 0 amide bonds. The summed E-state index contributed by atoms with van der Waals surface area (Å²) < 4.78 is 11.5. The molecule has 132 valence electrons. The maximum absolute atomic E-state index is 5.73. The van der Waals surface area contributed by atoms with E-state index < -0.39 is 0 Å². The molecule has 23 heavy (non-hydrogen) atoms. The van der Waals surface area contributed by atoms with E-state index in [2.05, 4.69) is 13.5 Å². The van der Waals surface area contributed by atoms with E-state index in [9.17, 15) is 0 Å². The first-order valence-electron chi connectivity index (χ1n) is 10.2. The van der Waals surface area contributed by atoms with Crippen molar-refractivity contribution < 1.29 is 9.47 Å². The Bertz CT molecular complexity index is 343. The van der Waals surface area contributed by atoms with Crippen LogP contribution in [0.3, 0.4) is 0 Å². The molecule has 1 aliphatic heterocycles. The van der Waals surface area contributed by atoms with Gasteiger partial charge in [0.15, 0.2) is 6.29 Å². The minimum atomic E-state index is -0.166. The minimum absolute atomic E-state index is 0.166. The molecule has 2 heteroatoms. The summed E-state index contributed by atoms with van der Waals surface area (Å²) >= 11 is 0. The molecule has 3 rings (SSSR count). The molecule has 2 saturated carbocycles. The normalized spacial score (nSPS) is 42.3. The Kier molecular flexibility index (Phi) is 6.59. The molecular weight excluding hydrogens is 284 g/mol. The topological polar surface area (TPSA) is 18.5 Å². The van der Waals surface area contributed by atoms with Crippen LogP contribution in [0, 0.1) is 29.6 Å². The monoisotopic (exact) mass is 320 g/mol. The van der Waals surface area contributed by atoms with Gasteiger partial charge in [-0.25, -0.2) is 0 Å². The van der Waals surface area contributed by atoms with E-state index in [1.54, 1.807) is 6.08 Å². The van der Waals surface area contributed by atoms with Crippen LogP contribution in [0.15, 0.2) is 12.7 Å². The lowest BCUT2D eigenvalue weighted by molar-refractivity contribution is -0.185. The molecule has 3 aliphatic rings. The summed E-state index contributed by atoms with van der Waals surface area (Å²) in [6, 6.07) is 0. The van der Waals surface area contributed by atoms with Crippen molar-refractivity contribution in [2.45, 2.75) is 77.4 Å². The summed E-state index contributed by atoms with van der Waals surface area (Å²) in [5, 5.41) is 0. The average molecular weight is 321 g/mol. The van der Waals surface area contributed by atoms with E-state index in [0.717, 1.165) is 36.9 Å². The third-order valence-electron chi connectivity index (χ3n) is 6.88. The van der Waals surface area contributed by atoms with E-state index in [1.165, 1.54) is 64.2 Å². The predicted molar refractivity (Wildman–Crippen MR) is 95.2 cm³/mol. The van der Waals surface area contributed by atoms with Crippen LogP contribution in [0.4, 0.5) is 0 Å². The zero-order chi connectivity index (χ0) is 16.1. The van der Waals surface area contributed by atoms with Crippen molar-refractivity contribution in [1.82, 2.24) is 0 Å². The summed E-state index contributed by atoms with van der Waals surface area (Å²) in [5.41, 5.74) is 0. The Morgan fingerprint density at radius 2 is 1.26 bits per heavy atom. The van der Waals surface area contributed by atoms with Gasteiger partial charge in [0.25, 0.3) is 0 Å². The van der Waals surface area contributed by atoms with Gasteiger partial charge in [-0.2, -0.15) is 0 Å². The number of ether oxygens (including phenoxy) is 2. The third kappa shape index (κ3) is 4.60. The molecule has 0 aromatic carbocycles. The van der Waals surface area contributed by atoms with Crippen molar-refractivity contribution in [1.29, 1.82) is 0 Å². The lowest BCUT2D eigenvalue weighted by Gasteiger charge is -2.41. The van der Waals surface area contributed by atoms with Gasteiger partial charge in [0.2, 0.25) is 0 Å². The molecule has 3 fully saturated rings. The first-order valence-corrected chi connectivity index (χ1v) is 10.2. The Morgan fingerprint density at radius 3 is 1.74 bits per heavy atom. The zero-order valence-corrected chi connectivity index (χ0v) is 15.1. The summed E-state index contributed by atoms with van der Waals surface area (Å²) in [6.45, 7) is 7.83. The van der Waals surface area contributed by atoms with Crippen molar-refractivity contribution in [2.75, 3.05) is 13.2 Å². The first kappa shape index (κ1) is 17.5. The van der Waals surface area contributed by atoms with Gasteiger partial charge in [-0.1, -0.05) is 39.2 Å².